The number of amides is 1. The Kier molecular flexibility index (Phi) is 7.15. The number of sulfonamides is 1. The van der Waals surface area contributed by atoms with E-state index < -0.39 is 16.1 Å². The van der Waals surface area contributed by atoms with Crippen LogP contribution < -0.4 is 23.7 Å². The van der Waals surface area contributed by atoms with E-state index >= 15 is 0 Å². The molecule has 1 fully saturated rings. The number of piperazine rings is 1. The first kappa shape index (κ1) is 24.1. The molecule has 2 heterocycles. The monoisotopic (exact) mass is 491 g/mol. The summed E-state index contributed by atoms with van der Waals surface area (Å²) in [4.78, 5) is 16.9. The third-order valence-electron chi connectivity index (χ3n) is 5.89. The van der Waals surface area contributed by atoms with Gasteiger partial charge in [-0.1, -0.05) is 6.07 Å². The Hall–Kier alpha value is -3.02. The van der Waals surface area contributed by atoms with Crippen LogP contribution in [0.15, 0.2) is 41.3 Å². The highest BCUT2D eigenvalue weighted by atomic mass is 32.2. The fourth-order valence-electron chi connectivity index (χ4n) is 4.03. The van der Waals surface area contributed by atoms with Gasteiger partial charge in [-0.15, -0.1) is 0 Å². The van der Waals surface area contributed by atoms with Gasteiger partial charge in [0.25, 0.3) is 0 Å². The third-order valence-corrected chi connectivity index (χ3v) is 7.43. The number of fused-ring (bicyclic) bond motifs is 1. The van der Waals surface area contributed by atoms with Crippen LogP contribution in [0.3, 0.4) is 0 Å². The average molecular weight is 492 g/mol. The van der Waals surface area contributed by atoms with E-state index in [0.717, 1.165) is 23.6 Å². The van der Waals surface area contributed by atoms with Gasteiger partial charge in [0.05, 0.1) is 25.2 Å². The van der Waals surface area contributed by atoms with Gasteiger partial charge in [0.1, 0.15) is 0 Å². The molecule has 0 bridgehead atoms. The standard InChI is InChI=1S/C23H29N3O7S/c1-16(24-34(28,29)18-5-7-19(30-2)21(13-18)31-3)23(27)26-10-8-25(9-11-26)14-17-4-6-20-22(12-17)33-15-32-20/h4-7,12-13,16,24H,8-11,14-15H2,1-3H3/t16-/m0/s1. The smallest absolute Gasteiger partial charge is 0.241 e. The molecule has 4 rings (SSSR count). The minimum absolute atomic E-state index is 0.00153. The van der Waals surface area contributed by atoms with Gasteiger partial charge in [0, 0.05) is 38.8 Å². The molecule has 2 aromatic carbocycles. The van der Waals surface area contributed by atoms with Crippen molar-refractivity contribution in [3.63, 3.8) is 0 Å². The molecule has 0 radical (unpaired) electrons. The molecular weight excluding hydrogens is 462 g/mol. The minimum atomic E-state index is -3.92. The second-order valence-electron chi connectivity index (χ2n) is 8.15. The summed E-state index contributed by atoms with van der Waals surface area (Å²) >= 11 is 0. The maximum Gasteiger partial charge on any atom is 0.241 e. The third kappa shape index (κ3) is 5.21. The van der Waals surface area contributed by atoms with Crippen molar-refractivity contribution in [2.75, 3.05) is 47.2 Å². The molecule has 2 aliphatic rings. The lowest BCUT2D eigenvalue weighted by Gasteiger charge is -2.36. The van der Waals surface area contributed by atoms with Crippen molar-refractivity contribution in [3.05, 3.63) is 42.0 Å². The van der Waals surface area contributed by atoms with Crippen LogP contribution in [0.5, 0.6) is 23.0 Å². The largest absolute Gasteiger partial charge is 0.493 e. The number of benzene rings is 2. The van der Waals surface area contributed by atoms with Crippen LogP contribution in [0.2, 0.25) is 0 Å². The maximum absolute atomic E-state index is 12.9. The van der Waals surface area contributed by atoms with Crippen molar-refractivity contribution in [2.45, 2.75) is 24.4 Å². The molecule has 1 saturated heterocycles. The number of hydrogen-bond acceptors (Lipinski definition) is 8. The lowest BCUT2D eigenvalue weighted by Crippen LogP contribution is -2.53. The summed E-state index contributed by atoms with van der Waals surface area (Å²) < 4.78 is 49.3. The fourth-order valence-corrected chi connectivity index (χ4v) is 5.24. The molecule has 11 heteroatoms. The quantitative estimate of drug-likeness (QED) is 0.591. The Morgan fingerprint density at radius 1 is 1.00 bits per heavy atom. The Morgan fingerprint density at radius 3 is 2.41 bits per heavy atom. The molecule has 0 saturated carbocycles. The van der Waals surface area contributed by atoms with Crippen molar-refractivity contribution in [1.82, 2.24) is 14.5 Å². The zero-order valence-corrected chi connectivity index (χ0v) is 20.3. The zero-order chi connectivity index (χ0) is 24.3. The second kappa shape index (κ2) is 10.1. The van der Waals surface area contributed by atoms with Crippen LogP contribution in [0.25, 0.3) is 0 Å². The van der Waals surface area contributed by atoms with Crippen molar-refractivity contribution in [3.8, 4) is 23.0 Å². The molecule has 10 nitrogen and oxygen atoms in total. The highest BCUT2D eigenvalue weighted by Gasteiger charge is 2.29. The SMILES string of the molecule is COc1ccc(S(=O)(=O)N[C@@H](C)C(=O)N2CCN(Cc3ccc4c(c3)OCO4)CC2)cc1OC. The van der Waals surface area contributed by atoms with Gasteiger partial charge < -0.3 is 23.8 Å². The van der Waals surface area contributed by atoms with Crippen molar-refractivity contribution >= 4 is 15.9 Å². The first-order valence-corrected chi connectivity index (χ1v) is 12.4. The molecular formula is C23H29N3O7S. The molecule has 34 heavy (non-hydrogen) atoms. The lowest BCUT2D eigenvalue weighted by molar-refractivity contribution is -0.134. The van der Waals surface area contributed by atoms with E-state index in [4.69, 9.17) is 18.9 Å². The molecule has 0 spiro atoms. The van der Waals surface area contributed by atoms with Crippen LogP contribution in [-0.4, -0.2) is 77.4 Å². The number of nitrogens with zero attached hydrogens (tertiary/aromatic N) is 2. The van der Waals surface area contributed by atoms with Gasteiger partial charge in [0.2, 0.25) is 22.7 Å². The Bertz CT molecular complexity index is 1150. The summed E-state index contributed by atoms with van der Waals surface area (Å²) in [5.41, 5.74) is 1.11. The Labute approximate surface area is 199 Å². The highest BCUT2D eigenvalue weighted by molar-refractivity contribution is 7.89. The van der Waals surface area contributed by atoms with Gasteiger partial charge in [-0.05, 0) is 36.8 Å². The van der Waals surface area contributed by atoms with E-state index in [1.807, 2.05) is 18.2 Å². The fraction of sp³-hybridized carbons (Fsp3) is 0.435. The van der Waals surface area contributed by atoms with Gasteiger partial charge in [-0.2, -0.15) is 4.72 Å². The van der Waals surface area contributed by atoms with Crippen LogP contribution in [0, 0.1) is 0 Å². The van der Waals surface area contributed by atoms with Crippen LogP contribution in [0.1, 0.15) is 12.5 Å². The summed E-state index contributed by atoms with van der Waals surface area (Å²) in [6.07, 6.45) is 0. The van der Waals surface area contributed by atoms with Crippen LogP contribution in [-0.2, 0) is 21.4 Å². The summed E-state index contributed by atoms with van der Waals surface area (Å²) in [5, 5.41) is 0. The first-order chi connectivity index (χ1) is 16.3. The van der Waals surface area contributed by atoms with Crippen LogP contribution in [0.4, 0.5) is 0 Å². The number of carbonyl (C=O) groups is 1. The summed E-state index contributed by atoms with van der Waals surface area (Å²) in [7, 11) is -1.02. The summed E-state index contributed by atoms with van der Waals surface area (Å²) in [5.74, 6) is 1.96. The van der Waals surface area contributed by atoms with E-state index in [-0.39, 0.29) is 17.6 Å². The van der Waals surface area contributed by atoms with Crippen molar-refractivity contribution < 1.29 is 32.2 Å². The number of methoxy groups -OCH3 is 2. The van der Waals surface area contributed by atoms with E-state index in [0.29, 0.717) is 37.7 Å². The van der Waals surface area contributed by atoms with Gasteiger partial charge in [-0.25, -0.2) is 8.42 Å². The Balaban J connectivity index is 1.32. The molecule has 1 amide bonds. The number of hydrogen-bond donors (Lipinski definition) is 1. The number of ether oxygens (including phenoxy) is 4. The molecule has 1 atom stereocenters. The Morgan fingerprint density at radius 2 is 1.71 bits per heavy atom. The second-order valence-corrected chi connectivity index (χ2v) is 9.86. The van der Waals surface area contributed by atoms with E-state index in [9.17, 15) is 13.2 Å². The molecule has 2 aliphatic heterocycles. The molecule has 184 valence electrons. The zero-order valence-electron chi connectivity index (χ0n) is 19.4. The first-order valence-electron chi connectivity index (χ1n) is 10.9. The maximum atomic E-state index is 12.9. The van der Waals surface area contributed by atoms with Gasteiger partial charge in [-0.3, -0.25) is 9.69 Å². The minimum Gasteiger partial charge on any atom is -0.493 e. The van der Waals surface area contributed by atoms with E-state index in [1.165, 1.54) is 32.4 Å². The summed E-state index contributed by atoms with van der Waals surface area (Å²) in [6, 6.07) is 9.28. The molecule has 1 N–H and O–H groups in total. The molecule has 0 aromatic heterocycles. The van der Waals surface area contributed by atoms with Crippen LogP contribution >= 0.6 is 0 Å². The van der Waals surface area contributed by atoms with Crippen molar-refractivity contribution in [2.24, 2.45) is 0 Å². The molecule has 0 aliphatic carbocycles. The summed E-state index contributed by atoms with van der Waals surface area (Å²) in [6.45, 7) is 4.95. The highest BCUT2D eigenvalue weighted by Crippen LogP contribution is 2.33. The van der Waals surface area contributed by atoms with E-state index in [2.05, 4.69) is 9.62 Å². The number of rotatable bonds is 8. The predicted molar refractivity (Wildman–Crippen MR) is 124 cm³/mol. The average Bonchev–Trinajstić information content (AvgIpc) is 3.31. The number of carbonyl (C=O) groups excluding carboxylic acids is 1. The normalized spacial score (nSPS) is 16.9. The van der Waals surface area contributed by atoms with Gasteiger partial charge >= 0.3 is 0 Å². The number of nitrogens with one attached hydrogen (secondary N) is 1. The lowest BCUT2D eigenvalue weighted by atomic mass is 10.1. The molecule has 2 aromatic rings. The van der Waals surface area contributed by atoms with Gasteiger partial charge in [0.15, 0.2) is 23.0 Å². The van der Waals surface area contributed by atoms with Crippen molar-refractivity contribution in [1.29, 1.82) is 0 Å². The van der Waals surface area contributed by atoms with E-state index in [1.54, 1.807) is 11.8 Å². The molecule has 0 unspecified atom stereocenters. The topological polar surface area (TPSA) is 107 Å². The predicted octanol–water partition coefficient (Wildman–Crippen LogP) is 1.44.